The summed E-state index contributed by atoms with van der Waals surface area (Å²) in [5.41, 5.74) is 0. The number of ether oxygens (including phenoxy) is 6. The fourth-order valence-electron chi connectivity index (χ4n) is 9.13. The van der Waals surface area contributed by atoms with E-state index in [-0.39, 0.29) is 18.9 Å². The van der Waals surface area contributed by atoms with Gasteiger partial charge in [-0.2, -0.15) is 0 Å². The van der Waals surface area contributed by atoms with Gasteiger partial charge in [0.25, 0.3) is 0 Å². The highest BCUT2D eigenvalue weighted by atomic mass is 16.8. The molecule has 19 nitrogen and oxygen atoms in total. The van der Waals surface area contributed by atoms with Crippen molar-refractivity contribution < 1.29 is 89.4 Å². The van der Waals surface area contributed by atoms with Crippen LogP contribution in [0.5, 0.6) is 0 Å². The van der Waals surface area contributed by atoms with Crippen LogP contribution in [-0.4, -0.2) is 193 Å². The summed E-state index contributed by atoms with van der Waals surface area (Å²) in [6.07, 6.45) is 4.08. The van der Waals surface area contributed by atoms with Crippen LogP contribution in [0.1, 0.15) is 168 Å². The molecule has 17 atom stereocenters. The number of rotatable bonds is 37. The van der Waals surface area contributed by atoms with Gasteiger partial charge in [-0.15, -0.1) is 0 Å². The van der Waals surface area contributed by atoms with Crippen molar-refractivity contribution >= 4 is 5.91 Å². The number of aliphatic hydroxyl groups is 11. The van der Waals surface area contributed by atoms with E-state index in [0.29, 0.717) is 6.42 Å². The highest BCUT2D eigenvalue weighted by Crippen LogP contribution is 2.33. The molecule has 0 bridgehead atoms. The third-order valence-electron chi connectivity index (χ3n) is 13.6. The van der Waals surface area contributed by atoms with Gasteiger partial charge in [0, 0.05) is 6.42 Å². The van der Waals surface area contributed by atoms with Crippen molar-refractivity contribution in [1.82, 2.24) is 5.32 Å². The number of allylic oxidation sites excluding steroid dienone is 1. The minimum absolute atomic E-state index is 0.247. The minimum Gasteiger partial charge on any atom is -0.394 e. The smallest absolute Gasteiger partial charge is 0.220 e. The van der Waals surface area contributed by atoms with Gasteiger partial charge in [0.15, 0.2) is 18.9 Å². The normalized spacial score (nSPS) is 32.9. The largest absolute Gasteiger partial charge is 0.394 e. The maximum atomic E-state index is 13.2. The topological polar surface area (TPSA) is 307 Å². The molecule has 3 saturated heterocycles. The first-order valence-electron chi connectivity index (χ1n) is 26.4. The van der Waals surface area contributed by atoms with E-state index >= 15 is 0 Å². The van der Waals surface area contributed by atoms with E-state index in [1.165, 1.54) is 89.9 Å². The number of carbonyl (C=O) groups is 1. The van der Waals surface area contributed by atoms with E-state index in [2.05, 4.69) is 19.2 Å². The van der Waals surface area contributed by atoms with Gasteiger partial charge in [0.2, 0.25) is 5.91 Å². The Bertz CT molecular complexity index is 1330. The summed E-state index contributed by atoms with van der Waals surface area (Å²) in [5, 5.41) is 119. The highest BCUT2D eigenvalue weighted by Gasteiger charge is 2.53. The lowest BCUT2D eigenvalue weighted by Gasteiger charge is -2.48. The van der Waals surface area contributed by atoms with Crippen LogP contribution in [0.4, 0.5) is 0 Å². The van der Waals surface area contributed by atoms with Crippen LogP contribution in [0.3, 0.4) is 0 Å². The lowest BCUT2D eigenvalue weighted by molar-refractivity contribution is -0.379. The van der Waals surface area contributed by atoms with Gasteiger partial charge in [0.1, 0.15) is 73.2 Å². The molecule has 3 rings (SSSR count). The van der Waals surface area contributed by atoms with Crippen molar-refractivity contribution in [1.29, 1.82) is 0 Å². The first-order chi connectivity index (χ1) is 33.3. The van der Waals surface area contributed by atoms with Crippen molar-refractivity contribution in [3.8, 4) is 0 Å². The molecule has 0 saturated carbocycles. The zero-order chi connectivity index (χ0) is 50.6. The molecule has 3 aliphatic heterocycles. The molecule has 0 aromatic rings. The maximum absolute atomic E-state index is 13.2. The summed E-state index contributed by atoms with van der Waals surface area (Å²) in [7, 11) is 0. The Morgan fingerprint density at radius 2 is 0.899 bits per heavy atom. The van der Waals surface area contributed by atoms with Crippen molar-refractivity contribution in [2.45, 2.75) is 272 Å². The SMILES string of the molecule is CCCCCC/C=C/C(O)C(COC1OC(CO)C(OC2OC(CO)C(OC3OC(CO)C(O)C(O)C3O)C(O)C2O)C(O)C1O)NC(=O)CCCCCCCCCCCCCCCCCCCC. The summed E-state index contributed by atoms with van der Waals surface area (Å²) in [5.74, 6) is -0.280. The van der Waals surface area contributed by atoms with Gasteiger partial charge in [-0.3, -0.25) is 4.79 Å². The average Bonchev–Trinajstić information content (AvgIpc) is 3.34. The Labute approximate surface area is 410 Å². The van der Waals surface area contributed by atoms with Crippen molar-refractivity contribution in [3.63, 3.8) is 0 Å². The molecule has 0 radical (unpaired) electrons. The molecule has 69 heavy (non-hydrogen) atoms. The van der Waals surface area contributed by atoms with E-state index in [1.807, 2.05) is 6.08 Å². The Balaban J connectivity index is 1.48. The fraction of sp³-hybridized carbons (Fsp3) is 0.940. The first kappa shape index (κ1) is 61.8. The van der Waals surface area contributed by atoms with Crippen LogP contribution in [0.2, 0.25) is 0 Å². The predicted octanol–water partition coefficient (Wildman–Crippen LogP) is 2.26. The molecule has 0 aliphatic carbocycles. The molecule has 0 spiro atoms. The molecular weight excluding hydrogens is 903 g/mol. The second kappa shape index (κ2) is 35.6. The molecular formula is C50H93NO18. The van der Waals surface area contributed by atoms with Crippen LogP contribution in [0.25, 0.3) is 0 Å². The van der Waals surface area contributed by atoms with Crippen LogP contribution in [0, 0.1) is 0 Å². The quantitative estimate of drug-likeness (QED) is 0.0314. The van der Waals surface area contributed by atoms with Gasteiger partial charge in [-0.05, 0) is 19.3 Å². The Morgan fingerprint density at radius 3 is 1.36 bits per heavy atom. The van der Waals surface area contributed by atoms with Crippen LogP contribution < -0.4 is 5.32 Å². The molecule has 19 heteroatoms. The fourth-order valence-corrected chi connectivity index (χ4v) is 9.13. The molecule has 3 aliphatic rings. The Morgan fingerprint density at radius 1 is 0.507 bits per heavy atom. The van der Waals surface area contributed by atoms with Crippen LogP contribution in [0.15, 0.2) is 12.2 Å². The Hall–Kier alpha value is -1.47. The molecule has 0 aromatic heterocycles. The van der Waals surface area contributed by atoms with Crippen molar-refractivity contribution in [2.75, 3.05) is 26.4 Å². The van der Waals surface area contributed by atoms with E-state index in [1.54, 1.807) is 6.08 Å². The zero-order valence-corrected chi connectivity index (χ0v) is 41.5. The van der Waals surface area contributed by atoms with Gasteiger partial charge in [0.05, 0.1) is 38.6 Å². The monoisotopic (exact) mass is 996 g/mol. The Kier molecular flexibility index (Phi) is 31.9. The maximum Gasteiger partial charge on any atom is 0.220 e. The predicted molar refractivity (Wildman–Crippen MR) is 254 cm³/mol. The van der Waals surface area contributed by atoms with Gasteiger partial charge >= 0.3 is 0 Å². The average molecular weight is 996 g/mol. The molecule has 17 unspecified atom stereocenters. The standard InChI is InChI=1S/C50H93NO18/c1-3-5-7-9-11-12-13-14-15-16-17-18-19-20-21-22-24-26-28-38(56)51-33(34(55)27-25-23-10-8-6-4-2)32-64-48-44(62)41(59)46(36(30-53)66-48)69-50-45(63)42(60)47(37(31-54)67-50)68-49-43(61)40(58)39(57)35(29-52)65-49/h25,27,33-37,39-50,52-55,57-63H,3-24,26,28-32H2,1-2H3,(H,51,56)/b27-25+. The molecule has 0 aromatic carbocycles. The lowest BCUT2D eigenvalue weighted by Crippen LogP contribution is -2.66. The van der Waals surface area contributed by atoms with Gasteiger partial charge < -0.3 is 89.9 Å². The molecule has 3 heterocycles. The zero-order valence-electron chi connectivity index (χ0n) is 41.5. The molecule has 1 amide bonds. The lowest BCUT2D eigenvalue weighted by atomic mass is 9.96. The second-order valence-corrected chi connectivity index (χ2v) is 19.3. The number of hydrogen-bond acceptors (Lipinski definition) is 18. The summed E-state index contributed by atoms with van der Waals surface area (Å²) < 4.78 is 34.0. The summed E-state index contributed by atoms with van der Waals surface area (Å²) in [6, 6.07) is -0.963. The van der Waals surface area contributed by atoms with Gasteiger partial charge in [-0.25, -0.2) is 0 Å². The number of unbranched alkanes of at least 4 members (excludes halogenated alkanes) is 21. The van der Waals surface area contributed by atoms with E-state index in [4.69, 9.17) is 28.4 Å². The molecule has 406 valence electrons. The van der Waals surface area contributed by atoms with Crippen molar-refractivity contribution in [2.24, 2.45) is 0 Å². The van der Waals surface area contributed by atoms with E-state index < -0.39 is 124 Å². The van der Waals surface area contributed by atoms with Crippen molar-refractivity contribution in [3.05, 3.63) is 12.2 Å². The van der Waals surface area contributed by atoms with E-state index in [9.17, 15) is 61.0 Å². The third kappa shape index (κ3) is 21.5. The minimum atomic E-state index is -1.97. The van der Waals surface area contributed by atoms with E-state index in [0.717, 1.165) is 51.4 Å². The molecule has 3 fully saturated rings. The summed E-state index contributed by atoms with van der Waals surface area (Å²) in [4.78, 5) is 13.2. The number of nitrogens with one attached hydrogen (secondary N) is 1. The number of carbonyl (C=O) groups excluding carboxylic acids is 1. The number of hydrogen-bond donors (Lipinski definition) is 12. The van der Waals surface area contributed by atoms with Gasteiger partial charge in [-0.1, -0.05) is 154 Å². The second-order valence-electron chi connectivity index (χ2n) is 19.3. The van der Waals surface area contributed by atoms with Crippen LogP contribution >= 0.6 is 0 Å². The first-order valence-corrected chi connectivity index (χ1v) is 26.4. The summed E-state index contributed by atoms with van der Waals surface area (Å²) >= 11 is 0. The summed E-state index contributed by atoms with van der Waals surface area (Å²) in [6.45, 7) is 1.61. The number of amides is 1. The third-order valence-corrected chi connectivity index (χ3v) is 13.6. The number of aliphatic hydroxyl groups excluding tert-OH is 11. The highest BCUT2D eigenvalue weighted by molar-refractivity contribution is 5.76. The van der Waals surface area contributed by atoms with Crippen LogP contribution in [-0.2, 0) is 33.2 Å². The molecule has 12 N–H and O–H groups in total.